The molecule has 0 bridgehead atoms. The largest absolute Gasteiger partial charge is 0.469 e. The normalized spacial score (nSPS) is 13.8. The zero-order valence-electron chi connectivity index (χ0n) is 13.1. The molecular weight excluding hydrogens is 280 g/mol. The standard InChI is InChI=1S/C17H22N2O3/c1-19-11-3-4-14-12-13(5-7-15(14)19)6-8-16(20)18-10-9-17(21)22-2/h5-8,12H,3-4,9-11H2,1-2H3,(H,18,20). The molecule has 5 heteroatoms. The van der Waals surface area contributed by atoms with Crippen LogP contribution in [0.3, 0.4) is 0 Å². The second-order valence-electron chi connectivity index (χ2n) is 5.36. The van der Waals surface area contributed by atoms with Crippen LogP contribution in [0.15, 0.2) is 24.3 Å². The zero-order valence-corrected chi connectivity index (χ0v) is 13.1. The third-order valence-electron chi connectivity index (χ3n) is 3.74. The second-order valence-corrected chi connectivity index (χ2v) is 5.36. The van der Waals surface area contributed by atoms with Gasteiger partial charge in [0.05, 0.1) is 13.5 Å². The Morgan fingerprint density at radius 3 is 3.00 bits per heavy atom. The summed E-state index contributed by atoms with van der Waals surface area (Å²) in [7, 11) is 3.43. The van der Waals surface area contributed by atoms with Crippen LogP contribution in [0.2, 0.25) is 0 Å². The fourth-order valence-corrected chi connectivity index (χ4v) is 2.53. The molecule has 1 aromatic carbocycles. The highest BCUT2D eigenvalue weighted by atomic mass is 16.5. The predicted molar refractivity (Wildman–Crippen MR) is 86.7 cm³/mol. The summed E-state index contributed by atoms with van der Waals surface area (Å²) < 4.78 is 4.51. The maximum atomic E-state index is 11.7. The number of carbonyl (C=O) groups excluding carboxylic acids is 2. The summed E-state index contributed by atoms with van der Waals surface area (Å²) in [5.41, 5.74) is 3.60. The topological polar surface area (TPSA) is 58.6 Å². The van der Waals surface area contributed by atoms with Crippen LogP contribution in [0.5, 0.6) is 0 Å². The lowest BCUT2D eigenvalue weighted by molar-refractivity contribution is -0.140. The van der Waals surface area contributed by atoms with Gasteiger partial charge in [-0.2, -0.15) is 0 Å². The summed E-state index contributed by atoms with van der Waals surface area (Å²) in [6.45, 7) is 1.37. The molecular formula is C17H22N2O3. The first-order valence-electron chi connectivity index (χ1n) is 7.47. The number of nitrogens with one attached hydrogen (secondary N) is 1. The number of ether oxygens (including phenoxy) is 1. The number of aryl methyl sites for hydroxylation is 1. The molecule has 0 spiro atoms. The Hall–Kier alpha value is -2.30. The summed E-state index contributed by atoms with van der Waals surface area (Å²) >= 11 is 0. The number of hydrogen-bond acceptors (Lipinski definition) is 4. The molecule has 0 saturated carbocycles. The van der Waals surface area contributed by atoms with E-state index in [1.165, 1.54) is 24.4 Å². The maximum Gasteiger partial charge on any atom is 0.307 e. The number of fused-ring (bicyclic) bond motifs is 1. The minimum Gasteiger partial charge on any atom is -0.469 e. The van der Waals surface area contributed by atoms with Crippen LogP contribution in [-0.2, 0) is 20.7 Å². The highest BCUT2D eigenvalue weighted by Crippen LogP contribution is 2.27. The first kappa shape index (κ1) is 16.1. The molecule has 0 saturated heterocycles. The molecule has 1 N–H and O–H groups in total. The van der Waals surface area contributed by atoms with Gasteiger partial charge in [-0.1, -0.05) is 6.07 Å². The van der Waals surface area contributed by atoms with Crippen LogP contribution in [0.25, 0.3) is 6.08 Å². The molecule has 0 fully saturated rings. The second kappa shape index (κ2) is 7.64. The van der Waals surface area contributed by atoms with Gasteiger partial charge in [-0.15, -0.1) is 0 Å². The molecule has 2 rings (SSSR count). The Morgan fingerprint density at radius 1 is 1.41 bits per heavy atom. The smallest absolute Gasteiger partial charge is 0.307 e. The molecule has 1 amide bonds. The van der Waals surface area contributed by atoms with Gasteiger partial charge in [0.1, 0.15) is 0 Å². The molecule has 0 aromatic heterocycles. The molecule has 5 nitrogen and oxygen atoms in total. The molecule has 1 aromatic rings. The quantitative estimate of drug-likeness (QED) is 0.665. The lowest BCUT2D eigenvalue weighted by Gasteiger charge is -2.27. The zero-order chi connectivity index (χ0) is 15.9. The maximum absolute atomic E-state index is 11.7. The van der Waals surface area contributed by atoms with Gasteiger partial charge in [0.15, 0.2) is 0 Å². The monoisotopic (exact) mass is 302 g/mol. The van der Waals surface area contributed by atoms with Crippen LogP contribution < -0.4 is 10.2 Å². The summed E-state index contributed by atoms with van der Waals surface area (Å²) in [6, 6.07) is 6.24. The molecule has 0 aliphatic carbocycles. The number of nitrogens with zero attached hydrogens (tertiary/aromatic N) is 1. The first-order valence-corrected chi connectivity index (χ1v) is 7.47. The number of hydrogen-bond donors (Lipinski definition) is 1. The van der Waals surface area contributed by atoms with Crippen molar-refractivity contribution >= 4 is 23.6 Å². The number of rotatable bonds is 5. The van der Waals surface area contributed by atoms with E-state index in [-0.39, 0.29) is 24.8 Å². The Kier molecular flexibility index (Phi) is 5.58. The van der Waals surface area contributed by atoms with Crippen molar-refractivity contribution < 1.29 is 14.3 Å². The van der Waals surface area contributed by atoms with Crippen LogP contribution in [0, 0.1) is 0 Å². The molecule has 1 aliphatic rings. The van der Waals surface area contributed by atoms with Crippen LogP contribution in [0.1, 0.15) is 24.0 Å². The SMILES string of the molecule is COC(=O)CCNC(=O)C=Cc1ccc2c(c1)CCCN2C. The number of methoxy groups -OCH3 is 1. The Morgan fingerprint density at radius 2 is 2.23 bits per heavy atom. The number of amides is 1. The molecule has 0 atom stereocenters. The van der Waals surface area contributed by atoms with Gasteiger partial charge in [0, 0.05) is 31.9 Å². The fourth-order valence-electron chi connectivity index (χ4n) is 2.53. The van der Waals surface area contributed by atoms with Gasteiger partial charge < -0.3 is 15.0 Å². The van der Waals surface area contributed by atoms with Gasteiger partial charge in [0.25, 0.3) is 0 Å². The van der Waals surface area contributed by atoms with Crippen molar-refractivity contribution in [2.24, 2.45) is 0 Å². The van der Waals surface area contributed by atoms with Crippen molar-refractivity contribution in [1.29, 1.82) is 0 Å². The molecule has 0 unspecified atom stereocenters. The highest BCUT2D eigenvalue weighted by molar-refractivity contribution is 5.92. The van der Waals surface area contributed by atoms with E-state index in [4.69, 9.17) is 0 Å². The van der Waals surface area contributed by atoms with Crippen molar-refractivity contribution in [2.75, 3.05) is 32.1 Å². The number of anilines is 1. The third kappa shape index (κ3) is 4.35. The predicted octanol–water partition coefficient (Wildman–Crippen LogP) is 1.76. The summed E-state index contributed by atoms with van der Waals surface area (Å²) in [6.07, 6.45) is 5.70. The average molecular weight is 302 g/mol. The van der Waals surface area contributed by atoms with Gasteiger partial charge in [-0.25, -0.2) is 0 Å². The van der Waals surface area contributed by atoms with Crippen molar-refractivity contribution in [2.45, 2.75) is 19.3 Å². The van der Waals surface area contributed by atoms with Gasteiger partial charge in [-0.05, 0) is 42.2 Å². The van der Waals surface area contributed by atoms with E-state index in [9.17, 15) is 9.59 Å². The van der Waals surface area contributed by atoms with Crippen molar-refractivity contribution in [3.8, 4) is 0 Å². The minimum absolute atomic E-state index is 0.182. The molecule has 22 heavy (non-hydrogen) atoms. The van der Waals surface area contributed by atoms with E-state index in [1.54, 1.807) is 6.08 Å². The number of esters is 1. The molecule has 1 heterocycles. The van der Waals surface area contributed by atoms with Gasteiger partial charge in [-0.3, -0.25) is 9.59 Å². The Bertz CT molecular complexity index is 581. The summed E-state index contributed by atoms with van der Waals surface area (Å²) in [4.78, 5) is 24.9. The fraction of sp³-hybridized carbons (Fsp3) is 0.412. The van der Waals surface area contributed by atoms with Crippen molar-refractivity contribution in [1.82, 2.24) is 5.32 Å². The van der Waals surface area contributed by atoms with E-state index < -0.39 is 0 Å². The Balaban J connectivity index is 1.90. The van der Waals surface area contributed by atoms with Crippen molar-refractivity contribution in [3.05, 3.63) is 35.4 Å². The third-order valence-corrected chi connectivity index (χ3v) is 3.74. The molecule has 118 valence electrons. The van der Waals surface area contributed by atoms with E-state index >= 15 is 0 Å². The van der Waals surface area contributed by atoms with Gasteiger partial charge in [0.2, 0.25) is 5.91 Å². The minimum atomic E-state index is -0.330. The number of benzene rings is 1. The van der Waals surface area contributed by atoms with Gasteiger partial charge >= 0.3 is 5.97 Å². The van der Waals surface area contributed by atoms with Crippen LogP contribution >= 0.6 is 0 Å². The van der Waals surface area contributed by atoms with Crippen molar-refractivity contribution in [3.63, 3.8) is 0 Å². The molecule has 1 aliphatic heterocycles. The summed E-state index contributed by atoms with van der Waals surface area (Å²) in [5, 5.41) is 2.65. The summed E-state index contributed by atoms with van der Waals surface area (Å²) in [5.74, 6) is -0.540. The molecule has 0 radical (unpaired) electrons. The lowest BCUT2D eigenvalue weighted by Crippen LogP contribution is -2.24. The van der Waals surface area contributed by atoms with Crippen LogP contribution in [0.4, 0.5) is 5.69 Å². The van der Waals surface area contributed by atoms with E-state index in [1.807, 2.05) is 6.07 Å². The van der Waals surface area contributed by atoms with Crippen LogP contribution in [-0.4, -0.2) is 39.1 Å². The highest BCUT2D eigenvalue weighted by Gasteiger charge is 2.13. The Labute approximate surface area is 130 Å². The average Bonchev–Trinajstić information content (AvgIpc) is 2.53. The number of carbonyl (C=O) groups is 2. The lowest BCUT2D eigenvalue weighted by atomic mass is 9.99. The first-order chi connectivity index (χ1) is 10.6. The van der Waals surface area contributed by atoms with E-state index in [0.717, 1.165) is 24.9 Å². The van der Waals surface area contributed by atoms with E-state index in [0.29, 0.717) is 0 Å². The van der Waals surface area contributed by atoms with E-state index in [2.05, 4.69) is 34.1 Å².